The van der Waals surface area contributed by atoms with Crippen LogP contribution in [0.1, 0.15) is 38.5 Å². The molecule has 2 N–H and O–H groups in total. The van der Waals surface area contributed by atoms with E-state index in [1.165, 1.54) is 44.2 Å². The van der Waals surface area contributed by atoms with E-state index in [0.29, 0.717) is 36.6 Å². The molecule has 4 nitrogen and oxygen atoms in total. The van der Waals surface area contributed by atoms with Crippen molar-refractivity contribution in [3.05, 3.63) is 30.1 Å². The van der Waals surface area contributed by atoms with Crippen LogP contribution in [-0.4, -0.2) is 30.6 Å². The topological polar surface area (TPSA) is 50.4 Å². The van der Waals surface area contributed by atoms with Crippen molar-refractivity contribution in [1.29, 1.82) is 0 Å². The molecular weight excluding hydrogens is 331 g/mol. The van der Waals surface area contributed by atoms with Gasteiger partial charge in [-0.15, -0.1) is 0 Å². The Bertz CT molecular complexity index is 649. The average molecular weight is 358 g/mol. The Morgan fingerprint density at radius 1 is 1.00 bits per heavy atom. The first-order chi connectivity index (χ1) is 12.6. The third kappa shape index (κ3) is 3.11. The third-order valence-corrected chi connectivity index (χ3v) is 7.06. The molecule has 0 unspecified atom stereocenters. The van der Waals surface area contributed by atoms with Crippen LogP contribution in [0.4, 0.5) is 4.39 Å². The van der Waals surface area contributed by atoms with Gasteiger partial charge >= 0.3 is 0 Å². The number of hydrogen-bond donors (Lipinski definition) is 2. The number of carbonyl (C=O) groups excluding carboxylic acids is 1. The number of rotatable bonds is 4. The van der Waals surface area contributed by atoms with Crippen LogP contribution in [-0.2, 0) is 4.79 Å². The second-order valence-electron chi connectivity index (χ2n) is 8.86. The van der Waals surface area contributed by atoms with Gasteiger partial charge in [0.25, 0.3) is 0 Å². The number of carbonyl (C=O) groups is 1. The molecule has 0 aromatic heterocycles. The summed E-state index contributed by atoms with van der Waals surface area (Å²) in [5.41, 5.74) is 0. The molecule has 1 heterocycles. The zero-order chi connectivity index (χ0) is 17.7. The third-order valence-electron chi connectivity index (χ3n) is 7.06. The van der Waals surface area contributed by atoms with E-state index in [0.717, 1.165) is 11.8 Å². The maximum Gasteiger partial charge on any atom is 0.237 e. The minimum atomic E-state index is -0.269. The van der Waals surface area contributed by atoms with Gasteiger partial charge in [0.05, 0.1) is 6.04 Å². The van der Waals surface area contributed by atoms with E-state index in [1.54, 1.807) is 12.1 Å². The summed E-state index contributed by atoms with van der Waals surface area (Å²) in [5.74, 6) is 3.75. The number of ether oxygens (including phenoxy) is 1. The zero-order valence-corrected chi connectivity index (χ0v) is 15.0. The molecule has 5 aliphatic rings. The summed E-state index contributed by atoms with van der Waals surface area (Å²) in [7, 11) is 0. The van der Waals surface area contributed by atoms with Crippen molar-refractivity contribution >= 4 is 5.91 Å². The van der Waals surface area contributed by atoms with E-state index >= 15 is 0 Å². The van der Waals surface area contributed by atoms with Crippen molar-refractivity contribution in [2.75, 3.05) is 6.54 Å². The van der Waals surface area contributed by atoms with E-state index in [4.69, 9.17) is 4.74 Å². The maximum atomic E-state index is 13.0. The van der Waals surface area contributed by atoms with Gasteiger partial charge in [0, 0.05) is 19.0 Å². The molecule has 26 heavy (non-hydrogen) atoms. The maximum absolute atomic E-state index is 13.0. The van der Waals surface area contributed by atoms with Crippen molar-refractivity contribution in [2.24, 2.45) is 23.7 Å². The molecule has 5 heteroatoms. The Balaban J connectivity index is 1.16. The van der Waals surface area contributed by atoms with E-state index in [9.17, 15) is 9.18 Å². The van der Waals surface area contributed by atoms with Crippen LogP contribution in [0.25, 0.3) is 0 Å². The summed E-state index contributed by atoms with van der Waals surface area (Å²) in [6.07, 6.45) is 7.29. The van der Waals surface area contributed by atoms with Crippen LogP contribution in [0, 0.1) is 29.5 Å². The average Bonchev–Trinajstić information content (AvgIpc) is 3.08. The largest absolute Gasteiger partial charge is 0.489 e. The van der Waals surface area contributed by atoms with Gasteiger partial charge in [-0.3, -0.25) is 4.79 Å². The van der Waals surface area contributed by atoms with Gasteiger partial charge in [-0.2, -0.15) is 0 Å². The summed E-state index contributed by atoms with van der Waals surface area (Å²) in [6.45, 7) is 0.650. The van der Waals surface area contributed by atoms with Crippen LogP contribution in [0.15, 0.2) is 24.3 Å². The van der Waals surface area contributed by atoms with E-state index < -0.39 is 0 Å². The lowest BCUT2D eigenvalue weighted by molar-refractivity contribution is -0.126. The summed E-state index contributed by atoms with van der Waals surface area (Å²) in [5, 5.41) is 6.69. The molecule has 0 spiro atoms. The van der Waals surface area contributed by atoms with E-state index in [2.05, 4.69) is 10.6 Å². The molecule has 0 radical (unpaired) electrons. The Hall–Kier alpha value is -1.62. The van der Waals surface area contributed by atoms with Crippen molar-refractivity contribution in [3.8, 4) is 5.75 Å². The van der Waals surface area contributed by atoms with Crippen LogP contribution in [0.2, 0.25) is 0 Å². The highest BCUT2D eigenvalue weighted by atomic mass is 19.1. The van der Waals surface area contributed by atoms with Crippen LogP contribution in [0.5, 0.6) is 5.75 Å². The van der Waals surface area contributed by atoms with Crippen molar-refractivity contribution < 1.29 is 13.9 Å². The van der Waals surface area contributed by atoms with Gasteiger partial charge in [-0.05, 0) is 80.0 Å². The fourth-order valence-corrected chi connectivity index (χ4v) is 6.12. The SMILES string of the molecule is O=C(NC1C2CC3CC(C2)CC1C3)[C@@H]1C[C@H](Oc2ccc(F)cc2)CN1. The normalized spacial score (nSPS) is 40.6. The minimum absolute atomic E-state index is 0.0466. The van der Waals surface area contributed by atoms with Gasteiger partial charge in [-0.25, -0.2) is 4.39 Å². The van der Waals surface area contributed by atoms with Crippen molar-refractivity contribution in [2.45, 2.75) is 56.7 Å². The quantitative estimate of drug-likeness (QED) is 0.870. The van der Waals surface area contributed by atoms with Crippen molar-refractivity contribution in [1.82, 2.24) is 10.6 Å². The number of nitrogens with one attached hydrogen (secondary N) is 2. The second-order valence-corrected chi connectivity index (χ2v) is 8.86. The molecule has 1 saturated heterocycles. The van der Waals surface area contributed by atoms with Crippen molar-refractivity contribution in [3.63, 3.8) is 0 Å². The molecule has 1 aromatic carbocycles. The predicted octanol–water partition coefficient (Wildman–Crippen LogP) is 2.88. The molecule has 1 amide bonds. The van der Waals surface area contributed by atoms with Gasteiger partial charge in [0.15, 0.2) is 0 Å². The highest BCUT2D eigenvalue weighted by Crippen LogP contribution is 2.53. The Kier molecular flexibility index (Phi) is 4.15. The van der Waals surface area contributed by atoms with E-state index in [-0.39, 0.29) is 23.9 Å². The fourth-order valence-electron chi connectivity index (χ4n) is 6.12. The molecule has 4 bridgehead atoms. The first kappa shape index (κ1) is 16.5. The van der Waals surface area contributed by atoms with E-state index in [1.807, 2.05) is 0 Å². The van der Waals surface area contributed by atoms with Gasteiger partial charge in [-0.1, -0.05) is 0 Å². The van der Waals surface area contributed by atoms with Crippen LogP contribution in [0.3, 0.4) is 0 Å². The predicted molar refractivity (Wildman–Crippen MR) is 96.2 cm³/mol. The number of benzene rings is 1. The van der Waals surface area contributed by atoms with Crippen LogP contribution < -0.4 is 15.4 Å². The molecule has 140 valence electrons. The fraction of sp³-hybridized carbons (Fsp3) is 0.667. The van der Waals surface area contributed by atoms with Gasteiger partial charge in [0.1, 0.15) is 17.7 Å². The lowest BCUT2D eigenvalue weighted by Crippen LogP contribution is -2.58. The van der Waals surface area contributed by atoms with Crippen LogP contribution >= 0.6 is 0 Å². The molecular formula is C21H27FN2O2. The molecule has 5 fully saturated rings. The molecule has 2 atom stereocenters. The lowest BCUT2D eigenvalue weighted by Gasteiger charge is -2.54. The summed E-state index contributed by atoms with van der Waals surface area (Å²) in [6, 6.07) is 6.27. The summed E-state index contributed by atoms with van der Waals surface area (Å²) in [4.78, 5) is 12.8. The van der Waals surface area contributed by atoms with Gasteiger partial charge < -0.3 is 15.4 Å². The molecule has 6 rings (SSSR count). The first-order valence-corrected chi connectivity index (χ1v) is 10.1. The first-order valence-electron chi connectivity index (χ1n) is 10.1. The number of hydrogen-bond acceptors (Lipinski definition) is 3. The number of amides is 1. The number of halogens is 1. The zero-order valence-electron chi connectivity index (χ0n) is 15.0. The Morgan fingerprint density at radius 3 is 2.31 bits per heavy atom. The lowest BCUT2D eigenvalue weighted by atomic mass is 9.54. The highest BCUT2D eigenvalue weighted by Gasteiger charge is 2.49. The summed E-state index contributed by atoms with van der Waals surface area (Å²) >= 11 is 0. The Morgan fingerprint density at radius 2 is 1.65 bits per heavy atom. The Labute approximate surface area is 153 Å². The summed E-state index contributed by atoms with van der Waals surface area (Å²) < 4.78 is 18.9. The molecule has 1 aliphatic heterocycles. The highest BCUT2D eigenvalue weighted by molar-refractivity contribution is 5.82. The molecule has 4 aliphatic carbocycles. The second kappa shape index (κ2) is 6.52. The van der Waals surface area contributed by atoms with Gasteiger partial charge in [0.2, 0.25) is 5.91 Å². The monoisotopic (exact) mass is 358 g/mol. The minimum Gasteiger partial charge on any atom is -0.489 e. The smallest absolute Gasteiger partial charge is 0.237 e. The molecule has 4 saturated carbocycles. The molecule has 1 aromatic rings. The standard InChI is InChI=1S/C21H27FN2O2/c22-16-1-3-17(4-2-16)26-18-10-19(23-11-18)21(25)24-20-14-6-12-5-13(8-14)9-15(20)7-12/h1-4,12-15,18-20,23H,5-11H2,(H,24,25)/t12?,13?,14?,15?,18-,19-,20?/m0/s1.